The largest absolute Gasteiger partial charge is 0.524 e. The Morgan fingerprint density at radius 2 is 1.46 bits per heavy atom. The van der Waals surface area contributed by atoms with Crippen LogP contribution < -0.4 is 4.52 Å². The highest BCUT2D eigenvalue weighted by Crippen LogP contribution is 2.39. The summed E-state index contributed by atoms with van der Waals surface area (Å²) >= 11 is 0. The van der Waals surface area contributed by atoms with Gasteiger partial charge in [-0.1, -0.05) is 66.7 Å². The summed E-state index contributed by atoms with van der Waals surface area (Å²) < 4.78 is 15.2. The van der Waals surface area contributed by atoms with E-state index in [1.807, 2.05) is 48.5 Å². The molecular weight excluding hydrogens is 377 g/mol. The summed E-state index contributed by atoms with van der Waals surface area (Å²) in [6.07, 6.45) is 1.54. The second kappa shape index (κ2) is 8.67. The molecule has 0 aliphatic rings. The summed E-state index contributed by atoms with van der Waals surface area (Å²) in [5.74, 6) is 0.412. The number of phenolic OH excluding ortho intramolecular Hbond substituents is 1. The minimum atomic E-state index is -4.53. The average Bonchev–Trinajstić information content (AvgIpc) is 2.69. The van der Waals surface area contributed by atoms with Gasteiger partial charge in [0.15, 0.2) is 5.75 Å². The van der Waals surface area contributed by atoms with Crippen molar-refractivity contribution in [1.82, 2.24) is 4.98 Å². The van der Waals surface area contributed by atoms with Crippen molar-refractivity contribution in [3.8, 4) is 22.6 Å². The Morgan fingerprint density at radius 1 is 0.786 bits per heavy atom. The number of fused-ring (bicyclic) bond motifs is 1. The van der Waals surface area contributed by atoms with Crippen molar-refractivity contribution in [2.24, 2.45) is 0 Å². The molecule has 0 amide bonds. The first-order chi connectivity index (χ1) is 13.4. The summed E-state index contributed by atoms with van der Waals surface area (Å²) in [5.41, 5.74) is 2.35. The highest BCUT2D eigenvalue weighted by Gasteiger charge is 2.17. The third-order valence-corrected chi connectivity index (χ3v) is 4.24. The second-order valence-electron chi connectivity index (χ2n) is 5.80. The maximum absolute atomic E-state index is 10.7. The van der Waals surface area contributed by atoms with Crippen LogP contribution in [0.15, 0.2) is 91.1 Å². The molecule has 0 aliphatic heterocycles. The van der Waals surface area contributed by atoms with Crippen LogP contribution in [0.3, 0.4) is 0 Å². The lowest BCUT2D eigenvalue weighted by Crippen LogP contribution is -1.92. The van der Waals surface area contributed by atoms with E-state index in [9.17, 15) is 9.67 Å². The lowest BCUT2D eigenvalue weighted by molar-refractivity contribution is 0.284. The van der Waals surface area contributed by atoms with Crippen molar-refractivity contribution in [1.29, 1.82) is 0 Å². The van der Waals surface area contributed by atoms with E-state index in [2.05, 4.69) is 9.51 Å². The first-order valence-corrected chi connectivity index (χ1v) is 9.89. The van der Waals surface area contributed by atoms with Gasteiger partial charge < -0.3 is 9.63 Å². The van der Waals surface area contributed by atoms with Crippen molar-refractivity contribution in [2.45, 2.75) is 0 Å². The molecule has 0 saturated heterocycles. The van der Waals surface area contributed by atoms with Gasteiger partial charge in [0.05, 0.1) is 0 Å². The highest BCUT2D eigenvalue weighted by atomic mass is 31.2. The predicted octanol–water partition coefficient (Wildman–Crippen LogP) is 4.77. The number of benzene rings is 3. The second-order valence-corrected chi connectivity index (χ2v) is 6.96. The molecule has 0 saturated carbocycles. The summed E-state index contributed by atoms with van der Waals surface area (Å²) in [7, 11) is -4.53. The van der Waals surface area contributed by atoms with Crippen LogP contribution in [-0.4, -0.2) is 19.9 Å². The Hall–Kier alpha value is -3.18. The smallest absolute Gasteiger partial charge is 0.507 e. The van der Waals surface area contributed by atoms with E-state index < -0.39 is 7.82 Å². The lowest BCUT2D eigenvalue weighted by atomic mass is 10.1. The molecule has 0 radical (unpaired) electrons. The fourth-order valence-corrected chi connectivity index (χ4v) is 3.02. The van der Waals surface area contributed by atoms with Crippen LogP contribution in [0.4, 0.5) is 0 Å². The zero-order chi connectivity index (χ0) is 20.0. The Bertz CT molecular complexity index is 1110. The Labute approximate surface area is 161 Å². The number of rotatable bonds is 3. The number of para-hydroxylation sites is 2. The summed E-state index contributed by atoms with van der Waals surface area (Å²) in [6, 6.07) is 25.6. The molecule has 0 fully saturated rings. The van der Waals surface area contributed by atoms with E-state index in [0.717, 1.165) is 16.5 Å². The van der Waals surface area contributed by atoms with Gasteiger partial charge in [-0.25, -0.2) is 4.57 Å². The first-order valence-electron chi connectivity index (χ1n) is 8.36. The topological polar surface area (TPSA) is 99.9 Å². The zero-order valence-corrected chi connectivity index (χ0v) is 15.6. The van der Waals surface area contributed by atoms with E-state index in [4.69, 9.17) is 9.79 Å². The molecule has 3 aromatic carbocycles. The van der Waals surface area contributed by atoms with E-state index in [-0.39, 0.29) is 5.75 Å². The maximum atomic E-state index is 10.7. The van der Waals surface area contributed by atoms with Crippen LogP contribution in [0, 0.1) is 0 Å². The van der Waals surface area contributed by atoms with Gasteiger partial charge in [-0.15, -0.1) is 0 Å². The molecule has 142 valence electrons. The van der Waals surface area contributed by atoms with E-state index in [1.165, 1.54) is 12.3 Å². The number of aromatic nitrogens is 1. The van der Waals surface area contributed by atoms with Crippen LogP contribution >= 0.6 is 7.82 Å². The summed E-state index contributed by atoms with van der Waals surface area (Å²) in [4.78, 5) is 21.4. The molecule has 4 rings (SSSR count). The molecular formula is C21H18NO5P. The highest BCUT2D eigenvalue weighted by molar-refractivity contribution is 7.46. The lowest BCUT2D eigenvalue weighted by Gasteiger charge is -2.08. The van der Waals surface area contributed by atoms with Gasteiger partial charge in [0, 0.05) is 17.1 Å². The SMILES string of the molecule is O=P(O)(O)Oc1cccc2cccnc12.Oc1ccccc1-c1ccccc1. The monoisotopic (exact) mass is 395 g/mol. The van der Waals surface area contributed by atoms with Gasteiger partial charge in [0.1, 0.15) is 11.3 Å². The number of aromatic hydroxyl groups is 1. The van der Waals surface area contributed by atoms with Gasteiger partial charge >= 0.3 is 7.82 Å². The Balaban J connectivity index is 0.000000162. The third-order valence-electron chi connectivity index (χ3n) is 3.80. The molecule has 7 heteroatoms. The van der Waals surface area contributed by atoms with E-state index in [1.54, 1.807) is 30.3 Å². The predicted molar refractivity (Wildman–Crippen MR) is 108 cm³/mol. The molecule has 1 heterocycles. The summed E-state index contributed by atoms with van der Waals surface area (Å²) in [6.45, 7) is 0. The normalized spacial score (nSPS) is 10.8. The van der Waals surface area contributed by atoms with Crippen molar-refractivity contribution in [3.63, 3.8) is 0 Å². The van der Waals surface area contributed by atoms with Crippen molar-refractivity contribution in [2.75, 3.05) is 0 Å². The van der Waals surface area contributed by atoms with E-state index >= 15 is 0 Å². The molecule has 0 atom stereocenters. The van der Waals surface area contributed by atoms with E-state index in [0.29, 0.717) is 11.3 Å². The number of phenols is 1. The fourth-order valence-electron chi connectivity index (χ4n) is 2.61. The maximum Gasteiger partial charge on any atom is 0.524 e. The number of pyridine rings is 1. The molecule has 3 N–H and O–H groups in total. The van der Waals surface area contributed by atoms with Crippen LogP contribution in [0.25, 0.3) is 22.0 Å². The molecule has 0 spiro atoms. The van der Waals surface area contributed by atoms with Crippen molar-refractivity contribution in [3.05, 3.63) is 91.1 Å². The Kier molecular flexibility index (Phi) is 6.06. The van der Waals surface area contributed by atoms with Gasteiger partial charge in [-0.05, 0) is 23.8 Å². The van der Waals surface area contributed by atoms with Crippen LogP contribution in [0.1, 0.15) is 0 Å². The third kappa shape index (κ3) is 5.18. The first kappa shape index (κ1) is 19.6. The molecule has 1 aromatic heterocycles. The standard InChI is InChI=1S/C12H10O.C9H8NO4P/c13-12-9-5-4-8-11(12)10-6-2-1-3-7-10;11-15(12,13)14-8-5-1-3-7-4-2-6-10-9(7)8/h1-9,13H;1-6H,(H2,11,12,13). The van der Waals surface area contributed by atoms with Crippen LogP contribution in [0.5, 0.6) is 11.5 Å². The van der Waals surface area contributed by atoms with Gasteiger partial charge in [-0.3, -0.25) is 14.8 Å². The average molecular weight is 395 g/mol. The number of hydrogen-bond acceptors (Lipinski definition) is 4. The quantitative estimate of drug-likeness (QED) is 0.432. The summed E-state index contributed by atoms with van der Waals surface area (Å²) in [5, 5.41) is 10.3. The molecule has 0 bridgehead atoms. The van der Waals surface area contributed by atoms with Gasteiger partial charge in [-0.2, -0.15) is 0 Å². The van der Waals surface area contributed by atoms with Crippen molar-refractivity contribution >= 4 is 18.7 Å². The van der Waals surface area contributed by atoms with Crippen LogP contribution in [0.2, 0.25) is 0 Å². The number of nitrogens with zero attached hydrogens (tertiary/aromatic N) is 1. The minimum absolute atomic E-state index is 0.0847. The fraction of sp³-hybridized carbons (Fsp3) is 0. The van der Waals surface area contributed by atoms with Gasteiger partial charge in [0.2, 0.25) is 0 Å². The molecule has 6 nitrogen and oxygen atoms in total. The minimum Gasteiger partial charge on any atom is -0.507 e. The van der Waals surface area contributed by atoms with Crippen LogP contribution in [-0.2, 0) is 4.57 Å². The number of phosphoric ester groups is 1. The Morgan fingerprint density at radius 3 is 2.18 bits per heavy atom. The molecule has 4 aromatic rings. The number of phosphoric acid groups is 1. The zero-order valence-electron chi connectivity index (χ0n) is 14.7. The van der Waals surface area contributed by atoms with Gasteiger partial charge in [0.25, 0.3) is 0 Å². The number of hydrogen-bond donors (Lipinski definition) is 3. The van der Waals surface area contributed by atoms with Crippen molar-refractivity contribution < 1.29 is 24.0 Å². The molecule has 0 unspecified atom stereocenters. The molecule has 0 aliphatic carbocycles. The molecule has 28 heavy (non-hydrogen) atoms.